The molecule has 112 valence electrons. The van der Waals surface area contributed by atoms with Crippen molar-refractivity contribution < 1.29 is 13.2 Å². The van der Waals surface area contributed by atoms with Gasteiger partial charge >= 0.3 is 0 Å². The van der Waals surface area contributed by atoms with Crippen molar-refractivity contribution in [3.8, 4) is 0 Å². The molecule has 20 heavy (non-hydrogen) atoms. The van der Waals surface area contributed by atoms with E-state index >= 15 is 0 Å². The third-order valence-corrected chi connectivity index (χ3v) is 7.96. The fourth-order valence-electron chi connectivity index (χ4n) is 1.95. The van der Waals surface area contributed by atoms with E-state index in [0.717, 1.165) is 8.66 Å². The normalized spacial score (nSPS) is 21.0. The molecule has 1 aliphatic rings. The average Bonchev–Trinajstić information content (AvgIpc) is 2.92. The Bertz CT molecular complexity index is 585. The highest BCUT2D eigenvalue weighted by Crippen LogP contribution is 2.25. The summed E-state index contributed by atoms with van der Waals surface area (Å²) in [6.45, 7) is 0.596. The molecule has 1 unspecified atom stereocenters. The van der Waals surface area contributed by atoms with Crippen LogP contribution in [0.5, 0.6) is 0 Å². The van der Waals surface area contributed by atoms with E-state index in [1.54, 1.807) is 23.3 Å². The van der Waals surface area contributed by atoms with Crippen LogP contribution in [0.25, 0.3) is 0 Å². The highest BCUT2D eigenvalue weighted by Gasteiger charge is 2.28. The van der Waals surface area contributed by atoms with Crippen molar-refractivity contribution in [3.63, 3.8) is 0 Å². The predicted octanol–water partition coefficient (Wildman–Crippen LogP) is 2.39. The van der Waals surface area contributed by atoms with Crippen LogP contribution in [0.3, 0.4) is 0 Å². The van der Waals surface area contributed by atoms with Crippen LogP contribution in [0.2, 0.25) is 0 Å². The summed E-state index contributed by atoms with van der Waals surface area (Å²) in [7, 11) is -1.08. The molecule has 1 aliphatic heterocycles. The standard InChI is InChI=1S/C12H16BrNO3S3/c1-14(6-9-2-3-11(13)19-9)12(15)7-18-10-4-5-20(16,17)8-10/h2-3,10H,4-8H2,1H3. The van der Waals surface area contributed by atoms with Crippen molar-refractivity contribution >= 4 is 54.8 Å². The zero-order chi connectivity index (χ0) is 14.8. The summed E-state index contributed by atoms with van der Waals surface area (Å²) in [4.78, 5) is 14.8. The number of nitrogens with zero attached hydrogens (tertiary/aromatic N) is 1. The molecule has 1 fully saturated rings. The first-order chi connectivity index (χ1) is 9.35. The molecule has 0 spiro atoms. The maximum atomic E-state index is 12.0. The van der Waals surface area contributed by atoms with E-state index in [9.17, 15) is 13.2 Å². The minimum Gasteiger partial charge on any atom is -0.340 e. The van der Waals surface area contributed by atoms with Gasteiger partial charge in [0.15, 0.2) is 9.84 Å². The fourth-order valence-corrected chi connectivity index (χ4v) is 7.07. The van der Waals surface area contributed by atoms with E-state index < -0.39 is 9.84 Å². The zero-order valence-corrected chi connectivity index (χ0v) is 15.1. The van der Waals surface area contributed by atoms with Crippen molar-refractivity contribution in [1.82, 2.24) is 4.90 Å². The summed E-state index contributed by atoms with van der Waals surface area (Å²) in [5, 5.41) is 0.0771. The van der Waals surface area contributed by atoms with Crippen molar-refractivity contribution in [2.45, 2.75) is 18.2 Å². The SMILES string of the molecule is CN(Cc1ccc(Br)s1)C(=O)CSC1CCS(=O)(=O)C1. The lowest BCUT2D eigenvalue weighted by Crippen LogP contribution is -2.28. The number of carbonyl (C=O) groups is 1. The largest absolute Gasteiger partial charge is 0.340 e. The molecule has 1 atom stereocenters. The van der Waals surface area contributed by atoms with Crippen LogP contribution in [-0.2, 0) is 21.2 Å². The molecule has 0 saturated carbocycles. The number of hydrogen-bond acceptors (Lipinski definition) is 5. The van der Waals surface area contributed by atoms with Crippen LogP contribution < -0.4 is 0 Å². The molecule has 1 aromatic rings. The van der Waals surface area contributed by atoms with Gasteiger partial charge in [-0.2, -0.15) is 0 Å². The lowest BCUT2D eigenvalue weighted by Gasteiger charge is -2.17. The van der Waals surface area contributed by atoms with Gasteiger partial charge in [0.1, 0.15) is 0 Å². The Kier molecular flexibility index (Phi) is 5.56. The predicted molar refractivity (Wildman–Crippen MR) is 88.0 cm³/mol. The molecule has 8 heteroatoms. The molecular weight excluding hydrogens is 382 g/mol. The molecule has 4 nitrogen and oxygen atoms in total. The Labute approximate surface area is 136 Å². The van der Waals surface area contributed by atoms with E-state index in [0.29, 0.717) is 18.7 Å². The monoisotopic (exact) mass is 397 g/mol. The van der Waals surface area contributed by atoms with E-state index in [1.165, 1.54) is 11.8 Å². The number of rotatable bonds is 5. The van der Waals surface area contributed by atoms with Gasteiger partial charge in [-0.15, -0.1) is 23.1 Å². The third kappa shape index (κ3) is 4.75. The van der Waals surface area contributed by atoms with Gasteiger partial charge in [-0.05, 0) is 34.5 Å². The molecule has 0 aliphatic carbocycles. The van der Waals surface area contributed by atoms with Gasteiger partial charge in [0.25, 0.3) is 0 Å². The van der Waals surface area contributed by atoms with Gasteiger partial charge < -0.3 is 4.90 Å². The number of hydrogen-bond donors (Lipinski definition) is 0. The number of halogens is 1. The second-order valence-corrected chi connectivity index (χ2v) is 10.9. The van der Waals surface area contributed by atoms with Crippen LogP contribution in [0.1, 0.15) is 11.3 Å². The molecule has 2 heterocycles. The summed E-state index contributed by atoms with van der Waals surface area (Å²) >= 11 is 6.47. The van der Waals surface area contributed by atoms with Gasteiger partial charge in [-0.1, -0.05) is 0 Å². The molecular formula is C12H16BrNO3S3. The lowest BCUT2D eigenvalue weighted by molar-refractivity contribution is -0.127. The molecule has 0 N–H and O–H groups in total. The molecule has 0 aromatic carbocycles. The van der Waals surface area contributed by atoms with Crippen LogP contribution in [0, 0.1) is 0 Å². The molecule has 1 aromatic heterocycles. The number of carbonyl (C=O) groups excluding carboxylic acids is 1. The van der Waals surface area contributed by atoms with Crippen molar-refractivity contribution in [3.05, 3.63) is 20.8 Å². The average molecular weight is 398 g/mol. The molecule has 0 bridgehead atoms. The smallest absolute Gasteiger partial charge is 0.232 e. The summed E-state index contributed by atoms with van der Waals surface area (Å²) in [6.07, 6.45) is 0.669. The van der Waals surface area contributed by atoms with Gasteiger partial charge in [-0.3, -0.25) is 4.79 Å². The van der Waals surface area contributed by atoms with E-state index in [1.807, 2.05) is 12.1 Å². The first-order valence-electron chi connectivity index (χ1n) is 6.16. The van der Waals surface area contributed by atoms with Crippen molar-refractivity contribution in [2.75, 3.05) is 24.3 Å². The Morgan fingerprint density at radius 2 is 2.30 bits per heavy atom. The maximum Gasteiger partial charge on any atom is 0.232 e. The second kappa shape index (κ2) is 6.81. The highest BCUT2D eigenvalue weighted by molar-refractivity contribution is 9.11. The topological polar surface area (TPSA) is 54.5 Å². The maximum absolute atomic E-state index is 12.0. The third-order valence-electron chi connectivity index (χ3n) is 3.08. The Morgan fingerprint density at radius 1 is 1.55 bits per heavy atom. The van der Waals surface area contributed by atoms with Crippen molar-refractivity contribution in [1.29, 1.82) is 0 Å². The Morgan fingerprint density at radius 3 is 2.85 bits per heavy atom. The van der Waals surface area contributed by atoms with Crippen LogP contribution >= 0.6 is 39.0 Å². The number of sulfone groups is 1. The second-order valence-electron chi connectivity index (χ2n) is 4.79. The molecule has 2 rings (SSSR count). The van der Waals surface area contributed by atoms with Crippen LogP contribution in [-0.4, -0.2) is 48.8 Å². The van der Waals surface area contributed by atoms with E-state index in [-0.39, 0.29) is 22.7 Å². The van der Waals surface area contributed by atoms with E-state index in [2.05, 4.69) is 15.9 Å². The minimum atomic E-state index is -2.86. The fraction of sp³-hybridized carbons (Fsp3) is 0.583. The summed E-state index contributed by atoms with van der Waals surface area (Å²) in [5.41, 5.74) is 0. The summed E-state index contributed by atoms with van der Waals surface area (Å²) in [6, 6.07) is 3.96. The lowest BCUT2D eigenvalue weighted by atomic mass is 10.4. The van der Waals surface area contributed by atoms with Gasteiger partial charge in [0, 0.05) is 17.2 Å². The molecule has 0 radical (unpaired) electrons. The Balaban J connectivity index is 1.77. The van der Waals surface area contributed by atoms with Crippen molar-refractivity contribution in [2.24, 2.45) is 0 Å². The number of thioether (sulfide) groups is 1. The van der Waals surface area contributed by atoms with Gasteiger partial charge in [0.2, 0.25) is 5.91 Å². The number of thiophene rings is 1. The first kappa shape index (κ1) is 16.3. The highest BCUT2D eigenvalue weighted by atomic mass is 79.9. The quantitative estimate of drug-likeness (QED) is 0.765. The first-order valence-corrected chi connectivity index (χ1v) is 10.6. The van der Waals surface area contributed by atoms with E-state index in [4.69, 9.17) is 0 Å². The molecule has 1 amide bonds. The summed E-state index contributed by atoms with van der Waals surface area (Å²) in [5.74, 6) is 0.872. The Hall–Kier alpha value is -0.0500. The zero-order valence-electron chi connectivity index (χ0n) is 11.0. The van der Waals surface area contributed by atoms with Gasteiger partial charge in [0.05, 0.1) is 27.6 Å². The number of amides is 1. The van der Waals surface area contributed by atoms with Gasteiger partial charge in [-0.25, -0.2) is 8.42 Å². The molecule has 1 saturated heterocycles. The van der Waals surface area contributed by atoms with Crippen LogP contribution in [0.15, 0.2) is 15.9 Å². The summed E-state index contributed by atoms with van der Waals surface area (Å²) < 4.78 is 23.8. The minimum absolute atomic E-state index is 0.0452. The van der Waals surface area contributed by atoms with Crippen LogP contribution in [0.4, 0.5) is 0 Å².